The summed E-state index contributed by atoms with van der Waals surface area (Å²) in [5, 5.41) is 0. The molecule has 0 bridgehead atoms. The number of rotatable bonds is 5. The van der Waals surface area contributed by atoms with Crippen molar-refractivity contribution in [3.63, 3.8) is 0 Å². The Balaban J connectivity index is 2.09. The third kappa shape index (κ3) is 3.42. The van der Waals surface area contributed by atoms with Crippen LogP contribution in [-0.4, -0.2) is 29.9 Å². The fourth-order valence-electron chi connectivity index (χ4n) is 2.05. The number of nitrogens with zero attached hydrogens (tertiary/aromatic N) is 2. The Morgan fingerprint density at radius 1 is 1.20 bits per heavy atom. The second-order valence-corrected chi connectivity index (χ2v) is 4.58. The number of hydrogen-bond acceptors (Lipinski definition) is 3. The Hall–Kier alpha value is -2.20. The molecule has 20 heavy (non-hydrogen) atoms. The Morgan fingerprint density at radius 2 is 1.85 bits per heavy atom. The minimum atomic E-state index is -0.567. The lowest BCUT2D eigenvalue weighted by Gasteiger charge is -2.23. The van der Waals surface area contributed by atoms with Crippen LogP contribution in [0.5, 0.6) is 0 Å². The molecule has 0 aliphatic heterocycles. The highest BCUT2D eigenvalue weighted by atomic mass is 16.5. The van der Waals surface area contributed by atoms with Crippen molar-refractivity contribution in [1.82, 2.24) is 9.88 Å². The van der Waals surface area contributed by atoms with E-state index in [1.54, 1.807) is 31.5 Å². The number of aromatic nitrogens is 1. The summed E-state index contributed by atoms with van der Waals surface area (Å²) in [5.74, 6) is -0.0597. The van der Waals surface area contributed by atoms with Crippen molar-refractivity contribution in [3.8, 4) is 0 Å². The summed E-state index contributed by atoms with van der Waals surface area (Å²) >= 11 is 0. The number of amides is 1. The molecule has 0 radical (unpaired) electrons. The molecule has 1 aromatic carbocycles. The molecule has 0 fully saturated rings. The molecule has 2 aromatic rings. The van der Waals surface area contributed by atoms with E-state index in [1.807, 2.05) is 42.5 Å². The molecule has 0 aliphatic carbocycles. The summed E-state index contributed by atoms with van der Waals surface area (Å²) in [6.45, 7) is 0.536. The van der Waals surface area contributed by atoms with Crippen molar-refractivity contribution >= 4 is 5.91 Å². The third-order valence-corrected chi connectivity index (χ3v) is 3.11. The molecule has 0 unspecified atom stereocenters. The average molecular weight is 270 g/mol. The van der Waals surface area contributed by atoms with Crippen LogP contribution in [0.25, 0.3) is 0 Å². The SMILES string of the molecule is CO[C@H](C(=O)N(C)Cc1ccncc1)c1ccccc1. The molecule has 2 rings (SSSR count). The normalized spacial score (nSPS) is 11.9. The molecule has 0 aliphatic rings. The van der Waals surface area contributed by atoms with Crippen LogP contribution in [0, 0.1) is 0 Å². The van der Waals surface area contributed by atoms with Gasteiger partial charge in [-0.15, -0.1) is 0 Å². The lowest BCUT2D eigenvalue weighted by atomic mass is 10.1. The van der Waals surface area contributed by atoms with Gasteiger partial charge in [0.1, 0.15) is 0 Å². The molecule has 1 amide bonds. The Kier molecular flexibility index (Phi) is 4.85. The van der Waals surface area contributed by atoms with E-state index >= 15 is 0 Å². The average Bonchev–Trinajstić information content (AvgIpc) is 2.50. The summed E-state index contributed by atoms with van der Waals surface area (Å²) < 4.78 is 5.35. The first-order chi connectivity index (χ1) is 9.72. The van der Waals surface area contributed by atoms with Gasteiger partial charge in [0.15, 0.2) is 6.10 Å². The smallest absolute Gasteiger partial charge is 0.256 e. The van der Waals surface area contributed by atoms with E-state index in [2.05, 4.69) is 4.98 Å². The van der Waals surface area contributed by atoms with Gasteiger partial charge in [-0.1, -0.05) is 30.3 Å². The molecule has 0 saturated carbocycles. The summed E-state index contributed by atoms with van der Waals surface area (Å²) in [7, 11) is 3.33. The van der Waals surface area contributed by atoms with Gasteiger partial charge < -0.3 is 9.64 Å². The number of likely N-dealkylation sites (N-methyl/N-ethyl adjacent to an activating group) is 1. The molecular formula is C16H18N2O2. The molecule has 1 heterocycles. The zero-order valence-corrected chi connectivity index (χ0v) is 11.7. The first-order valence-corrected chi connectivity index (χ1v) is 6.44. The van der Waals surface area contributed by atoms with Crippen molar-refractivity contribution in [2.75, 3.05) is 14.2 Å². The maximum atomic E-state index is 12.5. The maximum absolute atomic E-state index is 12.5. The van der Waals surface area contributed by atoms with E-state index in [0.717, 1.165) is 11.1 Å². The van der Waals surface area contributed by atoms with Crippen LogP contribution < -0.4 is 0 Å². The fraction of sp³-hybridized carbons (Fsp3) is 0.250. The predicted molar refractivity (Wildman–Crippen MR) is 76.9 cm³/mol. The Labute approximate surface area is 119 Å². The monoisotopic (exact) mass is 270 g/mol. The van der Waals surface area contributed by atoms with Gasteiger partial charge in [-0.05, 0) is 23.3 Å². The van der Waals surface area contributed by atoms with Crippen molar-refractivity contribution in [2.45, 2.75) is 12.6 Å². The molecule has 4 heteroatoms. The van der Waals surface area contributed by atoms with Crippen molar-refractivity contribution in [3.05, 3.63) is 66.0 Å². The van der Waals surface area contributed by atoms with Crippen LogP contribution in [0.1, 0.15) is 17.2 Å². The van der Waals surface area contributed by atoms with Crippen molar-refractivity contribution < 1.29 is 9.53 Å². The van der Waals surface area contributed by atoms with E-state index in [1.165, 1.54) is 0 Å². The Bertz CT molecular complexity index is 543. The first kappa shape index (κ1) is 14.2. The van der Waals surface area contributed by atoms with Crippen LogP contribution in [0.15, 0.2) is 54.9 Å². The summed E-state index contributed by atoms with van der Waals surface area (Å²) in [6.07, 6.45) is 2.88. The van der Waals surface area contributed by atoms with Gasteiger partial charge in [0, 0.05) is 33.1 Å². The lowest BCUT2D eigenvalue weighted by molar-refractivity contribution is -0.141. The molecule has 0 saturated heterocycles. The van der Waals surface area contributed by atoms with E-state index in [9.17, 15) is 4.79 Å². The van der Waals surface area contributed by atoms with E-state index in [4.69, 9.17) is 4.74 Å². The molecule has 1 atom stereocenters. The van der Waals surface area contributed by atoms with Gasteiger partial charge in [0.25, 0.3) is 5.91 Å². The van der Waals surface area contributed by atoms with Crippen molar-refractivity contribution in [2.24, 2.45) is 0 Å². The minimum Gasteiger partial charge on any atom is -0.367 e. The number of carbonyl (C=O) groups is 1. The molecule has 104 valence electrons. The number of methoxy groups -OCH3 is 1. The lowest BCUT2D eigenvalue weighted by Crippen LogP contribution is -2.32. The van der Waals surface area contributed by atoms with Gasteiger partial charge in [-0.2, -0.15) is 0 Å². The largest absolute Gasteiger partial charge is 0.367 e. The quantitative estimate of drug-likeness (QED) is 0.838. The second-order valence-electron chi connectivity index (χ2n) is 4.58. The number of pyridine rings is 1. The molecule has 1 aromatic heterocycles. The molecule has 0 spiro atoms. The van der Waals surface area contributed by atoms with Crippen LogP contribution >= 0.6 is 0 Å². The third-order valence-electron chi connectivity index (χ3n) is 3.11. The van der Waals surface area contributed by atoms with Gasteiger partial charge in [0.05, 0.1) is 0 Å². The van der Waals surface area contributed by atoms with Crippen LogP contribution in [0.3, 0.4) is 0 Å². The number of carbonyl (C=O) groups excluding carboxylic acids is 1. The Morgan fingerprint density at radius 3 is 2.45 bits per heavy atom. The first-order valence-electron chi connectivity index (χ1n) is 6.44. The highest BCUT2D eigenvalue weighted by Gasteiger charge is 2.23. The molecular weight excluding hydrogens is 252 g/mol. The highest BCUT2D eigenvalue weighted by molar-refractivity contribution is 5.82. The minimum absolute atomic E-state index is 0.0597. The molecule has 0 N–H and O–H groups in total. The van der Waals surface area contributed by atoms with E-state index < -0.39 is 6.10 Å². The van der Waals surface area contributed by atoms with E-state index in [-0.39, 0.29) is 5.91 Å². The zero-order valence-electron chi connectivity index (χ0n) is 11.7. The van der Waals surface area contributed by atoms with Gasteiger partial charge in [-0.25, -0.2) is 0 Å². The number of benzene rings is 1. The van der Waals surface area contributed by atoms with Crippen LogP contribution in [0.2, 0.25) is 0 Å². The summed E-state index contributed by atoms with van der Waals surface area (Å²) in [4.78, 5) is 18.1. The van der Waals surface area contributed by atoms with E-state index in [0.29, 0.717) is 6.54 Å². The second kappa shape index (κ2) is 6.82. The maximum Gasteiger partial charge on any atom is 0.256 e. The summed E-state index contributed by atoms with van der Waals surface area (Å²) in [5.41, 5.74) is 1.90. The number of ether oxygens (including phenoxy) is 1. The molecule has 4 nitrogen and oxygen atoms in total. The standard InChI is InChI=1S/C16H18N2O2/c1-18(12-13-8-10-17-11-9-13)16(19)15(20-2)14-6-4-3-5-7-14/h3-11,15H,12H2,1-2H3/t15-/m0/s1. The van der Waals surface area contributed by atoms with Gasteiger partial charge in [-0.3, -0.25) is 9.78 Å². The van der Waals surface area contributed by atoms with Crippen LogP contribution in [0.4, 0.5) is 0 Å². The predicted octanol–water partition coefficient (Wildman–Crippen LogP) is 2.43. The van der Waals surface area contributed by atoms with Crippen molar-refractivity contribution in [1.29, 1.82) is 0 Å². The number of hydrogen-bond donors (Lipinski definition) is 0. The topological polar surface area (TPSA) is 42.4 Å². The van der Waals surface area contributed by atoms with Crippen LogP contribution in [-0.2, 0) is 16.1 Å². The fourth-order valence-corrected chi connectivity index (χ4v) is 2.05. The van der Waals surface area contributed by atoms with Gasteiger partial charge >= 0.3 is 0 Å². The van der Waals surface area contributed by atoms with Gasteiger partial charge in [0.2, 0.25) is 0 Å². The highest BCUT2D eigenvalue weighted by Crippen LogP contribution is 2.19. The summed E-state index contributed by atoms with van der Waals surface area (Å²) in [6, 6.07) is 13.3. The zero-order chi connectivity index (χ0) is 14.4.